The van der Waals surface area contributed by atoms with Gasteiger partial charge in [0.1, 0.15) is 5.75 Å². The van der Waals surface area contributed by atoms with Crippen molar-refractivity contribution in [1.82, 2.24) is 5.16 Å². The minimum atomic E-state index is -1.17. The van der Waals surface area contributed by atoms with Crippen LogP contribution in [0.5, 0.6) is 5.75 Å². The molecule has 7 nitrogen and oxygen atoms in total. The summed E-state index contributed by atoms with van der Waals surface area (Å²) in [5.74, 6) is -2.10. The third-order valence-corrected chi connectivity index (χ3v) is 2.34. The molecule has 0 radical (unpaired) electrons. The van der Waals surface area contributed by atoms with Crippen molar-refractivity contribution < 1.29 is 24.3 Å². The Balaban J connectivity index is 2.20. The van der Waals surface area contributed by atoms with E-state index in [0.29, 0.717) is 5.69 Å². The summed E-state index contributed by atoms with van der Waals surface area (Å²) < 4.78 is 4.76. The number of rotatable bonds is 3. The molecule has 3 N–H and O–H groups in total. The standard InChI is InChI=1S/C12H10N2O5/c1-6-4-10(19-14-6)11(16)13-8-3-2-7(12(17)18)5-9(8)15/h2-5,15H,1H3,(H,13,16)(H,17,18). The fraction of sp³-hybridized carbons (Fsp3) is 0.0833. The number of aromatic nitrogens is 1. The molecule has 1 aromatic carbocycles. The zero-order chi connectivity index (χ0) is 14.0. The van der Waals surface area contributed by atoms with Crippen LogP contribution < -0.4 is 5.32 Å². The molecule has 0 aliphatic carbocycles. The summed E-state index contributed by atoms with van der Waals surface area (Å²) in [5, 5.41) is 24.3. The second-order valence-corrected chi connectivity index (χ2v) is 3.82. The molecule has 0 aliphatic rings. The predicted molar refractivity (Wildman–Crippen MR) is 64.3 cm³/mol. The average Bonchev–Trinajstić information content (AvgIpc) is 2.78. The highest BCUT2D eigenvalue weighted by atomic mass is 16.5. The second-order valence-electron chi connectivity index (χ2n) is 3.82. The molecular formula is C12H10N2O5. The SMILES string of the molecule is Cc1cc(C(=O)Nc2ccc(C(=O)O)cc2O)on1. The van der Waals surface area contributed by atoms with E-state index in [-0.39, 0.29) is 22.8 Å². The van der Waals surface area contributed by atoms with Gasteiger partial charge in [-0.3, -0.25) is 4.79 Å². The number of amides is 1. The molecule has 1 aromatic heterocycles. The first kappa shape index (κ1) is 12.6. The Kier molecular flexibility index (Phi) is 3.19. The third-order valence-electron chi connectivity index (χ3n) is 2.34. The van der Waals surface area contributed by atoms with Gasteiger partial charge in [-0.05, 0) is 25.1 Å². The zero-order valence-corrected chi connectivity index (χ0v) is 9.88. The van der Waals surface area contributed by atoms with Crippen molar-refractivity contribution in [3.8, 4) is 5.75 Å². The van der Waals surface area contributed by atoms with E-state index in [1.54, 1.807) is 6.92 Å². The van der Waals surface area contributed by atoms with Crippen molar-refractivity contribution in [2.75, 3.05) is 5.32 Å². The second kappa shape index (κ2) is 4.81. The van der Waals surface area contributed by atoms with Crippen LogP contribution in [0, 0.1) is 6.92 Å². The summed E-state index contributed by atoms with van der Waals surface area (Å²) >= 11 is 0. The smallest absolute Gasteiger partial charge is 0.335 e. The minimum Gasteiger partial charge on any atom is -0.506 e. The number of carbonyl (C=O) groups is 2. The molecule has 0 fully saturated rings. The van der Waals surface area contributed by atoms with Crippen molar-refractivity contribution in [2.45, 2.75) is 6.92 Å². The summed E-state index contributed by atoms with van der Waals surface area (Å²) in [6.45, 7) is 1.67. The zero-order valence-electron chi connectivity index (χ0n) is 9.88. The van der Waals surface area contributed by atoms with Crippen molar-refractivity contribution in [3.05, 3.63) is 41.3 Å². The molecule has 19 heavy (non-hydrogen) atoms. The predicted octanol–water partition coefficient (Wildman–Crippen LogP) is 1.64. The number of carbonyl (C=O) groups excluding carboxylic acids is 1. The first-order valence-corrected chi connectivity index (χ1v) is 5.28. The van der Waals surface area contributed by atoms with E-state index in [9.17, 15) is 14.7 Å². The van der Waals surface area contributed by atoms with Crippen LogP contribution in [0.2, 0.25) is 0 Å². The number of nitrogens with one attached hydrogen (secondary N) is 1. The molecule has 0 bridgehead atoms. The molecule has 0 atom stereocenters. The van der Waals surface area contributed by atoms with Crippen LogP contribution in [0.15, 0.2) is 28.8 Å². The lowest BCUT2D eigenvalue weighted by Gasteiger charge is -2.06. The number of hydrogen-bond acceptors (Lipinski definition) is 5. The fourth-order valence-corrected chi connectivity index (χ4v) is 1.42. The lowest BCUT2D eigenvalue weighted by Crippen LogP contribution is -2.11. The number of phenols is 1. The van der Waals surface area contributed by atoms with Gasteiger partial charge in [0.2, 0.25) is 5.76 Å². The molecular weight excluding hydrogens is 252 g/mol. The molecule has 0 unspecified atom stereocenters. The highest BCUT2D eigenvalue weighted by molar-refractivity contribution is 6.03. The summed E-state index contributed by atoms with van der Waals surface area (Å²) in [7, 11) is 0. The van der Waals surface area contributed by atoms with Crippen LogP contribution in [0.25, 0.3) is 0 Å². The summed E-state index contributed by atoms with van der Waals surface area (Å²) in [6.07, 6.45) is 0. The van der Waals surface area contributed by atoms with E-state index in [1.807, 2.05) is 0 Å². The van der Waals surface area contributed by atoms with E-state index in [0.717, 1.165) is 6.07 Å². The molecule has 1 heterocycles. The number of hydrogen-bond donors (Lipinski definition) is 3. The van der Waals surface area contributed by atoms with Crippen molar-refractivity contribution >= 4 is 17.6 Å². The van der Waals surface area contributed by atoms with Crippen LogP contribution in [0.4, 0.5) is 5.69 Å². The molecule has 7 heteroatoms. The maximum absolute atomic E-state index is 11.7. The van der Waals surface area contributed by atoms with Crippen LogP contribution in [-0.4, -0.2) is 27.2 Å². The van der Waals surface area contributed by atoms with Gasteiger partial charge < -0.3 is 20.1 Å². The molecule has 2 aromatic rings. The Morgan fingerprint density at radius 1 is 1.32 bits per heavy atom. The molecule has 98 valence electrons. The van der Waals surface area contributed by atoms with Crippen molar-refractivity contribution in [2.24, 2.45) is 0 Å². The van der Waals surface area contributed by atoms with E-state index >= 15 is 0 Å². The van der Waals surface area contributed by atoms with Gasteiger partial charge in [-0.15, -0.1) is 0 Å². The number of carboxylic acids is 1. The normalized spacial score (nSPS) is 10.2. The van der Waals surface area contributed by atoms with E-state index in [1.165, 1.54) is 18.2 Å². The summed E-state index contributed by atoms with van der Waals surface area (Å²) in [4.78, 5) is 22.4. The maximum atomic E-state index is 11.7. The molecule has 0 saturated carbocycles. The number of aromatic hydroxyl groups is 1. The molecule has 0 saturated heterocycles. The Morgan fingerprint density at radius 3 is 2.58 bits per heavy atom. The largest absolute Gasteiger partial charge is 0.506 e. The van der Waals surface area contributed by atoms with Gasteiger partial charge in [0.15, 0.2) is 0 Å². The highest BCUT2D eigenvalue weighted by Gasteiger charge is 2.14. The Bertz CT molecular complexity index is 647. The van der Waals surface area contributed by atoms with Crippen LogP contribution in [0.1, 0.15) is 26.6 Å². The number of phenolic OH excluding ortho intramolecular Hbond substituents is 1. The molecule has 0 aliphatic heterocycles. The van der Waals surface area contributed by atoms with Gasteiger partial charge in [0.05, 0.1) is 16.9 Å². The van der Waals surface area contributed by atoms with Gasteiger partial charge in [0.25, 0.3) is 5.91 Å². The lowest BCUT2D eigenvalue weighted by atomic mass is 10.2. The minimum absolute atomic E-state index is 0.000730. The van der Waals surface area contributed by atoms with E-state index < -0.39 is 11.9 Å². The third kappa shape index (κ3) is 2.71. The number of nitrogens with zero attached hydrogens (tertiary/aromatic N) is 1. The van der Waals surface area contributed by atoms with E-state index in [2.05, 4.69) is 10.5 Å². The topological polar surface area (TPSA) is 113 Å². The first-order chi connectivity index (χ1) is 8.97. The number of benzene rings is 1. The lowest BCUT2D eigenvalue weighted by molar-refractivity contribution is 0.0696. The Morgan fingerprint density at radius 2 is 2.05 bits per heavy atom. The van der Waals surface area contributed by atoms with Gasteiger partial charge in [-0.25, -0.2) is 4.79 Å². The van der Waals surface area contributed by atoms with Crippen LogP contribution in [-0.2, 0) is 0 Å². The van der Waals surface area contributed by atoms with Gasteiger partial charge >= 0.3 is 5.97 Å². The molecule has 2 rings (SSSR count). The van der Waals surface area contributed by atoms with Gasteiger partial charge in [-0.2, -0.15) is 0 Å². The monoisotopic (exact) mass is 262 g/mol. The van der Waals surface area contributed by atoms with E-state index in [4.69, 9.17) is 9.63 Å². The first-order valence-electron chi connectivity index (χ1n) is 5.28. The number of aromatic carboxylic acids is 1. The molecule has 0 spiro atoms. The van der Waals surface area contributed by atoms with Crippen LogP contribution >= 0.6 is 0 Å². The quantitative estimate of drug-likeness (QED) is 0.725. The Hall–Kier alpha value is -2.83. The fourth-order valence-electron chi connectivity index (χ4n) is 1.42. The van der Waals surface area contributed by atoms with Crippen molar-refractivity contribution in [3.63, 3.8) is 0 Å². The van der Waals surface area contributed by atoms with Crippen LogP contribution in [0.3, 0.4) is 0 Å². The summed E-state index contributed by atoms with van der Waals surface area (Å²) in [6, 6.07) is 5.05. The summed E-state index contributed by atoms with van der Waals surface area (Å²) in [5.41, 5.74) is 0.561. The molecule has 1 amide bonds. The number of carboxylic acid groups (broad SMARTS) is 1. The number of anilines is 1. The van der Waals surface area contributed by atoms with Gasteiger partial charge in [-0.1, -0.05) is 5.16 Å². The number of aryl methyl sites for hydroxylation is 1. The van der Waals surface area contributed by atoms with Crippen molar-refractivity contribution in [1.29, 1.82) is 0 Å². The highest BCUT2D eigenvalue weighted by Crippen LogP contribution is 2.24. The van der Waals surface area contributed by atoms with Gasteiger partial charge in [0, 0.05) is 6.07 Å². The average molecular weight is 262 g/mol. The Labute approximate surface area is 107 Å². The maximum Gasteiger partial charge on any atom is 0.335 e.